The van der Waals surface area contributed by atoms with Crippen LogP contribution >= 0.6 is 0 Å². The number of aromatic amines is 1. The topological polar surface area (TPSA) is 111 Å². The lowest BCUT2D eigenvalue weighted by Crippen LogP contribution is -2.56. The van der Waals surface area contributed by atoms with Gasteiger partial charge in [0.2, 0.25) is 5.91 Å². The molecule has 0 aliphatic carbocycles. The van der Waals surface area contributed by atoms with Crippen LogP contribution in [-0.2, 0) is 17.9 Å². The summed E-state index contributed by atoms with van der Waals surface area (Å²) in [5.41, 5.74) is 3.51. The minimum atomic E-state index is -0.574. The van der Waals surface area contributed by atoms with Crippen LogP contribution in [0.4, 0.5) is 9.18 Å². The van der Waals surface area contributed by atoms with Crippen LogP contribution in [0.5, 0.6) is 0 Å². The second-order valence-electron chi connectivity index (χ2n) is 9.55. The summed E-state index contributed by atoms with van der Waals surface area (Å²) in [6, 6.07) is 9.58. The first-order valence-corrected chi connectivity index (χ1v) is 12.0. The molecule has 0 spiro atoms. The van der Waals surface area contributed by atoms with Gasteiger partial charge in [-0.05, 0) is 48.2 Å². The molecule has 4 amide bonds. The van der Waals surface area contributed by atoms with E-state index < -0.39 is 6.03 Å². The van der Waals surface area contributed by atoms with Gasteiger partial charge >= 0.3 is 11.7 Å². The number of halogens is 1. The monoisotopic (exact) mass is 492 g/mol. The Morgan fingerprint density at radius 3 is 2.53 bits per heavy atom. The largest absolute Gasteiger partial charge is 0.342 e. The van der Waals surface area contributed by atoms with Crippen molar-refractivity contribution in [2.75, 3.05) is 19.6 Å². The molecule has 2 N–H and O–H groups in total. The number of benzene rings is 2. The molecule has 2 fully saturated rings. The fraction of sp³-hybridized carbons (Fsp3) is 0.360. The van der Waals surface area contributed by atoms with Crippen molar-refractivity contribution < 1.29 is 18.8 Å². The Hall–Kier alpha value is -3.99. The molecule has 1 aromatic heterocycles. The van der Waals surface area contributed by atoms with Crippen molar-refractivity contribution in [3.63, 3.8) is 0 Å². The average Bonchev–Trinajstić information content (AvgIpc) is 3.35. The molecule has 10 nitrogen and oxygen atoms in total. The van der Waals surface area contributed by atoms with Crippen LogP contribution in [0.25, 0.3) is 11.0 Å². The summed E-state index contributed by atoms with van der Waals surface area (Å²) in [6.07, 6.45) is 1.75. The third-order valence-corrected chi connectivity index (χ3v) is 7.28. The Balaban J connectivity index is 1.11. The van der Waals surface area contributed by atoms with E-state index in [4.69, 9.17) is 0 Å². The number of aromatic nitrogens is 2. The highest BCUT2D eigenvalue weighted by Crippen LogP contribution is 2.29. The molecular weight excluding hydrogens is 467 g/mol. The van der Waals surface area contributed by atoms with Gasteiger partial charge in [-0.3, -0.25) is 24.4 Å². The van der Waals surface area contributed by atoms with Gasteiger partial charge in [-0.1, -0.05) is 12.1 Å². The van der Waals surface area contributed by atoms with E-state index in [1.807, 2.05) is 12.1 Å². The summed E-state index contributed by atoms with van der Waals surface area (Å²) in [6.45, 7) is 2.78. The summed E-state index contributed by atoms with van der Waals surface area (Å²) in [5, 5.41) is 4.95. The summed E-state index contributed by atoms with van der Waals surface area (Å²) < 4.78 is 15.3. The number of nitrogens with one attached hydrogen (secondary N) is 2. The molecule has 4 heterocycles. The van der Waals surface area contributed by atoms with Gasteiger partial charge in [-0.25, -0.2) is 24.0 Å². The van der Waals surface area contributed by atoms with Gasteiger partial charge < -0.3 is 4.98 Å². The molecule has 3 aliphatic rings. The van der Waals surface area contributed by atoms with Crippen LogP contribution < -0.4 is 11.0 Å². The number of hydrazine groups is 1. The molecule has 0 unspecified atom stereocenters. The predicted molar refractivity (Wildman–Crippen MR) is 127 cm³/mol. The van der Waals surface area contributed by atoms with Crippen molar-refractivity contribution in [3.05, 3.63) is 69.4 Å². The quantitative estimate of drug-likeness (QED) is 0.580. The van der Waals surface area contributed by atoms with Crippen LogP contribution in [0.2, 0.25) is 0 Å². The number of hydrogen-bond acceptors (Lipinski definition) is 5. The molecule has 0 saturated carbocycles. The van der Waals surface area contributed by atoms with E-state index in [1.54, 1.807) is 16.7 Å². The average molecular weight is 493 g/mol. The Kier molecular flexibility index (Phi) is 5.36. The van der Waals surface area contributed by atoms with Crippen molar-refractivity contribution in [1.29, 1.82) is 0 Å². The van der Waals surface area contributed by atoms with Crippen molar-refractivity contribution in [2.45, 2.75) is 38.4 Å². The highest BCUT2D eigenvalue weighted by molar-refractivity contribution is 6.01. The lowest BCUT2D eigenvalue weighted by molar-refractivity contribution is -0.123. The number of likely N-dealkylation sites (tertiary alicyclic amines) is 1. The molecule has 0 bridgehead atoms. The summed E-state index contributed by atoms with van der Waals surface area (Å²) >= 11 is 0. The van der Waals surface area contributed by atoms with Gasteiger partial charge in [0.1, 0.15) is 5.82 Å². The zero-order chi connectivity index (χ0) is 25.0. The number of carbonyl (C=O) groups excluding carboxylic acids is 3. The molecular formula is C25H25FN6O4. The Morgan fingerprint density at radius 2 is 1.75 bits per heavy atom. The van der Waals surface area contributed by atoms with Crippen molar-refractivity contribution in [3.8, 4) is 0 Å². The second kappa shape index (κ2) is 8.59. The number of carbonyl (C=O) groups is 3. The minimum absolute atomic E-state index is 0.0433. The maximum absolute atomic E-state index is 13.5. The molecule has 3 aliphatic heterocycles. The highest BCUT2D eigenvalue weighted by atomic mass is 19.1. The first-order chi connectivity index (χ1) is 17.4. The lowest BCUT2D eigenvalue weighted by Gasteiger charge is -2.33. The number of rotatable bonds is 4. The normalized spacial score (nSPS) is 19.3. The molecule has 11 heteroatoms. The molecule has 2 saturated heterocycles. The zero-order valence-corrected chi connectivity index (χ0v) is 19.5. The van der Waals surface area contributed by atoms with Crippen molar-refractivity contribution in [1.82, 2.24) is 29.8 Å². The van der Waals surface area contributed by atoms with E-state index in [0.29, 0.717) is 17.6 Å². The fourth-order valence-electron chi connectivity index (χ4n) is 5.50. The number of H-pyrrole nitrogens is 1. The zero-order valence-electron chi connectivity index (χ0n) is 19.5. The molecule has 0 radical (unpaired) electrons. The summed E-state index contributed by atoms with van der Waals surface area (Å²) in [4.78, 5) is 54.1. The number of fused-ring (bicyclic) bond motifs is 2. The number of hydrogen-bond donors (Lipinski definition) is 2. The molecule has 3 aromatic rings. The van der Waals surface area contributed by atoms with Gasteiger partial charge in [-0.2, -0.15) is 0 Å². The maximum atomic E-state index is 13.5. The molecule has 2 aromatic carbocycles. The predicted octanol–water partition coefficient (Wildman–Crippen LogP) is 2.12. The number of piperidine rings is 1. The van der Waals surface area contributed by atoms with Crippen LogP contribution in [0, 0.1) is 5.82 Å². The smallest absolute Gasteiger partial charge is 0.305 e. The SMILES string of the molecule is O=C1CCN(N2Cc3cc(CN4CCC(n5c(=O)[nH]c6cc(F)ccc65)CC4)ccc3C2=O)C(=O)N1. The van der Waals surface area contributed by atoms with E-state index >= 15 is 0 Å². The minimum Gasteiger partial charge on any atom is -0.305 e. The summed E-state index contributed by atoms with van der Waals surface area (Å²) in [5.74, 6) is -0.958. The maximum Gasteiger partial charge on any atom is 0.342 e. The molecule has 0 atom stereocenters. The van der Waals surface area contributed by atoms with Crippen LogP contribution in [-0.4, -0.2) is 61.9 Å². The Morgan fingerprint density at radius 1 is 0.944 bits per heavy atom. The van der Waals surface area contributed by atoms with Crippen LogP contribution in [0.15, 0.2) is 41.2 Å². The Labute approximate surface area is 205 Å². The van der Waals surface area contributed by atoms with E-state index in [0.717, 1.165) is 42.6 Å². The number of imidazole rings is 1. The third-order valence-electron chi connectivity index (χ3n) is 7.28. The first kappa shape index (κ1) is 22.5. The highest BCUT2D eigenvalue weighted by Gasteiger charge is 2.37. The van der Waals surface area contributed by atoms with E-state index in [-0.39, 0.29) is 48.9 Å². The van der Waals surface area contributed by atoms with Crippen LogP contribution in [0.3, 0.4) is 0 Å². The van der Waals surface area contributed by atoms with E-state index in [9.17, 15) is 23.6 Å². The number of amides is 4. The first-order valence-electron chi connectivity index (χ1n) is 12.0. The second-order valence-corrected chi connectivity index (χ2v) is 9.55. The van der Waals surface area contributed by atoms with Gasteiger partial charge in [0.25, 0.3) is 5.91 Å². The van der Waals surface area contributed by atoms with Gasteiger partial charge in [0, 0.05) is 37.7 Å². The van der Waals surface area contributed by atoms with Crippen molar-refractivity contribution in [2.24, 2.45) is 0 Å². The van der Waals surface area contributed by atoms with Gasteiger partial charge in [0.05, 0.1) is 24.1 Å². The number of nitrogens with zero attached hydrogens (tertiary/aromatic N) is 4. The Bertz CT molecular complexity index is 1450. The molecule has 6 rings (SSSR count). The van der Waals surface area contributed by atoms with Crippen LogP contribution in [0.1, 0.15) is 46.8 Å². The summed E-state index contributed by atoms with van der Waals surface area (Å²) in [7, 11) is 0. The third kappa shape index (κ3) is 3.85. The molecule has 36 heavy (non-hydrogen) atoms. The van der Waals surface area contributed by atoms with E-state index in [1.165, 1.54) is 22.2 Å². The van der Waals surface area contributed by atoms with E-state index in [2.05, 4.69) is 15.2 Å². The number of urea groups is 1. The van der Waals surface area contributed by atoms with Gasteiger partial charge in [-0.15, -0.1) is 0 Å². The standard InChI is InChI=1S/C25H25FN6O4/c26-17-2-4-21-20(12-17)27-25(36)32(21)18-5-8-29(9-6-18)13-15-1-3-19-16(11-15)14-31(23(19)34)30-10-7-22(33)28-24(30)35/h1-4,11-12,18H,5-10,13-14H2,(H,27,36)(H,28,33,35). The van der Waals surface area contributed by atoms with Gasteiger partial charge in [0.15, 0.2) is 0 Å². The lowest BCUT2D eigenvalue weighted by atomic mass is 10.0. The molecule has 186 valence electrons. The van der Waals surface area contributed by atoms with Crippen molar-refractivity contribution >= 4 is 28.9 Å². The number of imide groups is 1. The fourth-order valence-corrected chi connectivity index (χ4v) is 5.50.